The van der Waals surface area contributed by atoms with Crippen LogP contribution in [-0.4, -0.2) is 43.3 Å². The lowest BCUT2D eigenvalue weighted by molar-refractivity contribution is 0.102. The van der Waals surface area contributed by atoms with Gasteiger partial charge in [0.1, 0.15) is 5.75 Å². The maximum absolute atomic E-state index is 13.0. The number of nitrogens with one attached hydrogen (secondary N) is 1. The van der Waals surface area contributed by atoms with Crippen molar-refractivity contribution in [2.24, 2.45) is 0 Å². The fraction of sp³-hybridized carbons (Fsp3) is 0.333. The SMILES string of the molecule is COc1ccc(-c2csc(NC(=O)c3ccc(S(=O)(=O)N4CCCCC4C)cc3)n2)cc1C. The maximum Gasteiger partial charge on any atom is 0.257 e. The number of anilines is 1. The zero-order chi connectivity index (χ0) is 23.6. The summed E-state index contributed by atoms with van der Waals surface area (Å²) in [6.07, 6.45) is 2.78. The van der Waals surface area contributed by atoms with Crippen LogP contribution in [-0.2, 0) is 10.0 Å². The van der Waals surface area contributed by atoms with Gasteiger partial charge in [0.05, 0.1) is 17.7 Å². The molecule has 1 aliphatic rings. The summed E-state index contributed by atoms with van der Waals surface area (Å²) < 4.78 is 32.8. The van der Waals surface area contributed by atoms with Crippen LogP contribution in [0.5, 0.6) is 5.75 Å². The van der Waals surface area contributed by atoms with Gasteiger partial charge in [0.25, 0.3) is 5.91 Å². The van der Waals surface area contributed by atoms with Crippen molar-refractivity contribution in [1.82, 2.24) is 9.29 Å². The minimum absolute atomic E-state index is 0.0136. The number of amides is 1. The highest BCUT2D eigenvalue weighted by Gasteiger charge is 2.30. The number of piperidine rings is 1. The monoisotopic (exact) mass is 485 g/mol. The Labute approximate surface area is 198 Å². The second-order valence-electron chi connectivity index (χ2n) is 8.16. The number of ether oxygens (including phenoxy) is 1. The van der Waals surface area contributed by atoms with Crippen LogP contribution in [0, 0.1) is 6.92 Å². The number of aryl methyl sites for hydroxylation is 1. The lowest BCUT2D eigenvalue weighted by atomic mass is 10.1. The molecule has 1 unspecified atom stereocenters. The van der Waals surface area contributed by atoms with Crippen molar-refractivity contribution in [2.45, 2.75) is 44.0 Å². The third-order valence-electron chi connectivity index (χ3n) is 5.88. The van der Waals surface area contributed by atoms with E-state index in [1.54, 1.807) is 11.4 Å². The first-order valence-electron chi connectivity index (χ1n) is 10.8. The fourth-order valence-electron chi connectivity index (χ4n) is 4.01. The molecule has 1 fully saturated rings. The van der Waals surface area contributed by atoms with E-state index in [4.69, 9.17) is 4.74 Å². The summed E-state index contributed by atoms with van der Waals surface area (Å²) in [6.45, 7) is 4.44. The molecule has 1 aliphatic heterocycles. The Morgan fingerprint density at radius 1 is 1.18 bits per heavy atom. The van der Waals surface area contributed by atoms with E-state index in [0.717, 1.165) is 41.8 Å². The van der Waals surface area contributed by atoms with Crippen LogP contribution < -0.4 is 10.1 Å². The first kappa shape index (κ1) is 23.4. The molecular weight excluding hydrogens is 458 g/mol. The second-order valence-corrected chi connectivity index (χ2v) is 10.9. The quantitative estimate of drug-likeness (QED) is 0.534. The molecule has 4 rings (SSSR count). The van der Waals surface area contributed by atoms with Crippen LogP contribution in [0.3, 0.4) is 0 Å². The fourth-order valence-corrected chi connectivity index (χ4v) is 6.43. The molecule has 1 aromatic heterocycles. The summed E-state index contributed by atoms with van der Waals surface area (Å²) in [5.74, 6) is 0.472. The van der Waals surface area contributed by atoms with Gasteiger partial charge in [-0.3, -0.25) is 10.1 Å². The van der Waals surface area contributed by atoms with Crippen LogP contribution in [0.1, 0.15) is 42.1 Å². The number of hydrogen-bond donors (Lipinski definition) is 1. The lowest BCUT2D eigenvalue weighted by Crippen LogP contribution is -2.41. The van der Waals surface area contributed by atoms with Gasteiger partial charge in [-0.05, 0) is 74.7 Å². The predicted octanol–water partition coefficient (Wildman–Crippen LogP) is 4.94. The van der Waals surface area contributed by atoms with Gasteiger partial charge in [-0.1, -0.05) is 6.42 Å². The highest BCUT2D eigenvalue weighted by molar-refractivity contribution is 7.89. The number of carbonyl (C=O) groups excluding carboxylic acids is 1. The average molecular weight is 486 g/mol. The average Bonchev–Trinajstić information content (AvgIpc) is 3.27. The Bertz CT molecular complexity index is 1250. The number of rotatable bonds is 6. The molecule has 1 N–H and O–H groups in total. The van der Waals surface area contributed by atoms with Crippen LogP contribution in [0.4, 0.5) is 5.13 Å². The maximum atomic E-state index is 13.0. The second kappa shape index (κ2) is 9.62. The zero-order valence-corrected chi connectivity index (χ0v) is 20.5. The number of carbonyl (C=O) groups is 1. The molecule has 0 bridgehead atoms. The number of aromatic nitrogens is 1. The molecule has 1 atom stereocenters. The smallest absolute Gasteiger partial charge is 0.257 e. The van der Waals surface area contributed by atoms with Crippen molar-refractivity contribution in [2.75, 3.05) is 19.0 Å². The third-order valence-corrected chi connectivity index (χ3v) is 8.67. The molecule has 2 heterocycles. The summed E-state index contributed by atoms with van der Waals surface area (Å²) >= 11 is 1.33. The summed E-state index contributed by atoms with van der Waals surface area (Å²) in [5.41, 5.74) is 3.07. The van der Waals surface area contributed by atoms with E-state index in [9.17, 15) is 13.2 Å². The number of thiazole rings is 1. The van der Waals surface area contributed by atoms with Gasteiger partial charge < -0.3 is 4.74 Å². The Kier molecular flexibility index (Phi) is 6.83. The molecule has 7 nitrogen and oxygen atoms in total. The van der Waals surface area contributed by atoms with E-state index in [1.807, 2.05) is 37.4 Å². The van der Waals surface area contributed by atoms with Crippen LogP contribution in [0.15, 0.2) is 52.7 Å². The molecule has 0 spiro atoms. The minimum Gasteiger partial charge on any atom is -0.496 e. The molecule has 3 aromatic rings. The molecule has 33 heavy (non-hydrogen) atoms. The predicted molar refractivity (Wildman–Crippen MR) is 130 cm³/mol. The molecule has 1 saturated heterocycles. The number of sulfonamides is 1. The van der Waals surface area contributed by atoms with E-state index in [2.05, 4.69) is 10.3 Å². The van der Waals surface area contributed by atoms with Gasteiger partial charge in [0.15, 0.2) is 5.13 Å². The van der Waals surface area contributed by atoms with Crippen molar-refractivity contribution >= 4 is 32.4 Å². The molecule has 1 amide bonds. The van der Waals surface area contributed by atoms with Crippen molar-refractivity contribution in [3.63, 3.8) is 0 Å². The van der Waals surface area contributed by atoms with Crippen LogP contribution in [0.25, 0.3) is 11.3 Å². The lowest BCUT2D eigenvalue weighted by Gasteiger charge is -2.32. The summed E-state index contributed by atoms with van der Waals surface area (Å²) in [6, 6.07) is 11.9. The van der Waals surface area contributed by atoms with Gasteiger partial charge in [-0.2, -0.15) is 4.31 Å². The Balaban J connectivity index is 1.46. The van der Waals surface area contributed by atoms with E-state index in [1.165, 1.54) is 35.6 Å². The summed E-state index contributed by atoms with van der Waals surface area (Å²) in [5, 5.41) is 5.15. The van der Waals surface area contributed by atoms with Gasteiger partial charge in [0.2, 0.25) is 10.0 Å². The van der Waals surface area contributed by atoms with Crippen LogP contribution >= 0.6 is 11.3 Å². The standard InChI is InChI=1S/C24H27N3O4S2/c1-16-14-19(9-12-22(16)31-3)21-15-32-24(25-21)26-23(28)18-7-10-20(11-8-18)33(29,30)27-13-5-4-6-17(27)2/h7-12,14-15,17H,4-6,13H2,1-3H3,(H,25,26,28). The number of nitrogens with zero attached hydrogens (tertiary/aromatic N) is 2. The first-order valence-corrected chi connectivity index (χ1v) is 13.2. The number of hydrogen-bond acceptors (Lipinski definition) is 6. The highest BCUT2D eigenvalue weighted by atomic mass is 32.2. The third kappa shape index (κ3) is 4.95. The van der Waals surface area contributed by atoms with Gasteiger partial charge in [0, 0.05) is 29.1 Å². The summed E-state index contributed by atoms with van der Waals surface area (Å²) in [7, 11) is -1.93. The van der Waals surface area contributed by atoms with E-state index >= 15 is 0 Å². The normalized spacial score (nSPS) is 17.0. The molecule has 0 saturated carbocycles. The molecule has 0 radical (unpaired) electrons. The van der Waals surface area contributed by atoms with Gasteiger partial charge in [-0.25, -0.2) is 13.4 Å². The molecule has 0 aliphatic carbocycles. The minimum atomic E-state index is -3.57. The van der Waals surface area contributed by atoms with Crippen molar-refractivity contribution in [1.29, 1.82) is 0 Å². The Hall–Kier alpha value is -2.75. The molecule has 9 heteroatoms. The first-order chi connectivity index (χ1) is 15.8. The molecular formula is C24H27N3O4S2. The highest BCUT2D eigenvalue weighted by Crippen LogP contribution is 2.29. The Morgan fingerprint density at radius 3 is 2.61 bits per heavy atom. The molecule has 174 valence electrons. The Morgan fingerprint density at radius 2 is 1.94 bits per heavy atom. The van der Waals surface area contributed by atoms with Crippen LogP contribution in [0.2, 0.25) is 0 Å². The number of benzene rings is 2. The van der Waals surface area contributed by atoms with Crippen molar-refractivity contribution < 1.29 is 17.9 Å². The largest absolute Gasteiger partial charge is 0.496 e. The van der Waals surface area contributed by atoms with Crippen molar-refractivity contribution in [3.8, 4) is 17.0 Å². The summed E-state index contributed by atoms with van der Waals surface area (Å²) in [4.78, 5) is 17.4. The van der Waals surface area contributed by atoms with Crippen molar-refractivity contribution in [3.05, 3.63) is 59.0 Å². The van der Waals surface area contributed by atoms with Gasteiger partial charge >= 0.3 is 0 Å². The number of methoxy groups -OCH3 is 1. The zero-order valence-electron chi connectivity index (χ0n) is 18.9. The molecule has 2 aromatic carbocycles. The van der Waals surface area contributed by atoms with E-state index < -0.39 is 10.0 Å². The van der Waals surface area contributed by atoms with E-state index in [-0.39, 0.29) is 16.8 Å². The van der Waals surface area contributed by atoms with Gasteiger partial charge in [-0.15, -0.1) is 11.3 Å². The van der Waals surface area contributed by atoms with E-state index in [0.29, 0.717) is 17.2 Å². The topological polar surface area (TPSA) is 88.6 Å².